The molecule has 0 saturated carbocycles. The monoisotopic (exact) mass is 273 g/mol. The van der Waals surface area contributed by atoms with Gasteiger partial charge in [-0.05, 0) is 51.5 Å². The van der Waals surface area contributed by atoms with Gasteiger partial charge in [0, 0.05) is 37.3 Å². The van der Waals surface area contributed by atoms with E-state index >= 15 is 0 Å². The summed E-state index contributed by atoms with van der Waals surface area (Å²) < 4.78 is 0. The molecule has 0 bridgehead atoms. The van der Waals surface area contributed by atoms with Crippen molar-refractivity contribution in [3.05, 3.63) is 29.8 Å². The van der Waals surface area contributed by atoms with Crippen LogP contribution in [0.25, 0.3) is 0 Å². The molecule has 2 aliphatic heterocycles. The van der Waals surface area contributed by atoms with Crippen LogP contribution in [0.15, 0.2) is 24.3 Å². The quantitative estimate of drug-likeness (QED) is 0.893. The molecule has 2 unspecified atom stereocenters. The molecule has 0 aromatic heterocycles. The fourth-order valence-corrected chi connectivity index (χ4v) is 3.72. The molecule has 0 spiro atoms. The number of benzene rings is 1. The lowest BCUT2D eigenvalue weighted by Crippen LogP contribution is -2.41. The minimum absolute atomic E-state index is 0.671. The third kappa shape index (κ3) is 2.99. The van der Waals surface area contributed by atoms with E-state index in [2.05, 4.69) is 53.4 Å². The van der Waals surface area contributed by atoms with Gasteiger partial charge in [0.1, 0.15) is 0 Å². The molecule has 2 heterocycles. The second kappa shape index (κ2) is 6.15. The fourth-order valence-electron chi connectivity index (χ4n) is 3.72. The van der Waals surface area contributed by atoms with Crippen molar-refractivity contribution in [1.29, 1.82) is 0 Å². The summed E-state index contributed by atoms with van der Waals surface area (Å²) in [6.07, 6.45) is 2.56. The van der Waals surface area contributed by atoms with Gasteiger partial charge < -0.3 is 10.2 Å². The Hall–Kier alpha value is -1.06. The maximum absolute atomic E-state index is 3.53. The van der Waals surface area contributed by atoms with Crippen molar-refractivity contribution in [3.63, 3.8) is 0 Å². The van der Waals surface area contributed by atoms with Crippen LogP contribution in [-0.2, 0) is 0 Å². The van der Waals surface area contributed by atoms with E-state index in [-0.39, 0.29) is 0 Å². The number of hydrogen-bond donors (Lipinski definition) is 1. The first-order valence-corrected chi connectivity index (χ1v) is 7.99. The van der Waals surface area contributed by atoms with Crippen molar-refractivity contribution in [3.8, 4) is 0 Å². The van der Waals surface area contributed by atoms with Crippen molar-refractivity contribution >= 4 is 5.69 Å². The molecular formula is C17H27N3. The topological polar surface area (TPSA) is 18.5 Å². The highest BCUT2D eigenvalue weighted by molar-refractivity contribution is 5.54. The zero-order valence-electron chi connectivity index (χ0n) is 12.8. The average Bonchev–Trinajstić information content (AvgIpc) is 2.61. The van der Waals surface area contributed by atoms with Crippen molar-refractivity contribution < 1.29 is 0 Å². The van der Waals surface area contributed by atoms with Crippen LogP contribution < -0.4 is 5.32 Å². The zero-order valence-corrected chi connectivity index (χ0v) is 12.8. The molecule has 1 aromatic carbocycles. The predicted molar refractivity (Wildman–Crippen MR) is 85.4 cm³/mol. The number of fused-ring (bicyclic) bond motifs is 1. The Bertz CT molecular complexity index is 446. The van der Waals surface area contributed by atoms with Gasteiger partial charge in [-0.2, -0.15) is 0 Å². The van der Waals surface area contributed by atoms with Crippen LogP contribution in [-0.4, -0.2) is 55.6 Å². The largest absolute Gasteiger partial charge is 0.385 e. The first-order chi connectivity index (χ1) is 9.74. The van der Waals surface area contributed by atoms with E-state index in [1.807, 2.05) is 0 Å². The maximum Gasteiger partial charge on any atom is 0.0376 e. The molecule has 1 N–H and O–H groups in total. The molecule has 2 aliphatic rings. The van der Waals surface area contributed by atoms with Crippen molar-refractivity contribution in [2.45, 2.75) is 31.7 Å². The van der Waals surface area contributed by atoms with Gasteiger partial charge in [0.15, 0.2) is 0 Å². The molecule has 2 atom stereocenters. The summed E-state index contributed by atoms with van der Waals surface area (Å²) in [7, 11) is 2.25. The summed E-state index contributed by atoms with van der Waals surface area (Å²) in [6.45, 7) is 8.40. The summed E-state index contributed by atoms with van der Waals surface area (Å²) in [5.74, 6) is 0.693. The molecule has 1 aromatic rings. The molecule has 3 heteroatoms. The highest BCUT2D eigenvalue weighted by Crippen LogP contribution is 2.32. The van der Waals surface area contributed by atoms with Gasteiger partial charge in [-0.3, -0.25) is 4.90 Å². The normalized spacial score (nSPS) is 28.5. The van der Waals surface area contributed by atoms with Crippen LogP contribution in [0.5, 0.6) is 0 Å². The van der Waals surface area contributed by atoms with Gasteiger partial charge in [-0.15, -0.1) is 0 Å². The third-order valence-electron chi connectivity index (χ3n) is 4.85. The van der Waals surface area contributed by atoms with Crippen LogP contribution in [0.4, 0.5) is 5.69 Å². The van der Waals surface area contributed by atoms with Crippen LogP contribution in [0.2, 0.25) is 0 Å². The second-order valence-corrected chi connectivity index (χ2v) is 6.46. The lowest BCUT2D eigenvalue weighted by atomic mass is 9.90. The molecule has 1 fully saturated rings. The fraction of sp³-hybridized carbons (Fsp3) is 0.647. The summed E-state index contributed by atoms with van der Waals surface area (Å²) in [6, 6.07) is 9.52. The number of hydrogen-bond acceptors (Lipinski definition) is 3. The minimum Gasteiger partial charge on any atom is -0.385 e. The SMILES string of the molecule is CC1CN(C)CCCN1CC1CCNc2ccccc21. The predicted octanol–water partition coefficient (Wildman–Crippen LogP) is 2.61. The molecule has 0 aliphatic carbocycles. The number of likely N-dealkylation sites (N-methyl/N-ethyl adjacent to an activating group) is 1. The maximum atomic E-state index is 3.53. The van der Waals surface area contributed by atoms with Crippen molar-refractivity contribution in [2.24, 2.45) is 0 Å². The van der Waals surface area contributed by atoms with E-state index in [0.29, 0.717) is 12.0 Å². The molecule has 0 radical (unpaired) electrons. The zero-order chi connectivity index (χ0) is 13.9. The van der Waals surface area contributed by atoms with Gasteiger partial charge in [0.05, 0.1) is 0 Å². The van der Waals surface area contributed by atoms with E-state index in [1.54, 1.807) is 0 Å². The lowest BCUT2D eigenvalue weighted by Gasteiger charge is -2.34. The Labute approximate surface area is 123 Å². The first kappa shape index (κ1) is 13.9. The number of para-hydroxylation sites is 1. The molecular weight excluding hydrogens is 246 g/mol. The Morgan fingerprint density at radius 1 is 1.25 bits per heavy atom. The smallest absolute Gasteiger partial charge is 0.0376 e. The summed E-state index contributed by atoms with van der Waals surface area (Å²) in [5, 5.41) is 3.53. The molecule has 3 rings (SSSR count). The van der Waals surface area contributed by atoms with Crippen LogP contribution in [0.1, 0.15) is 31.2 Å². The van der Waals surface area contributed by atoms with E-state index in [9.17, 15) is 0 Å². The molecule has 0 amide bonds. The Morgan fingerprint density at radius 2 is 2.10 bits per heavy atom. The van der Waals surface area contributed by atoms with Crippen molar-refractivity contribution in [1.82, 2.24) is 9.80 Å². The van der Waals surface area contributed by atoms with Crippen LogP contribution in [0.3, 0.4) is 0 Å². The van der Waals surface area contributed by atoms with Crippen LogP contribution >= 0.6 is 0 Å². The number of rotatable bonds is 2. The second-order valence-electron chi connectivity index (χ2n) is 6.46. The highest BCUT2D eigenvalue weighted by Gasteiger charge is 2.26. The molecule has 3 nitrogen and oxygen atoms in total. The van der Waals surface area contributed by atoms with E-state index in [4.69, 9.17) is 0 Å². The summed E-state index contributed by atoms with van der Waals surface area (Å²) >= 11 is 0. The number of anilines is 1. The number of nitrogens with one attached hydrogen (secondary N) is 1. The number of nitrogens with zero attached hydrogens (tertiary/aromatic N) is 2. The third-order valence-corrected chi connectivity index (χ3v) is 4.85. The summed E-state index contributed by atoms with van der Waals surface area (Å²) in [4.78, 5) is 5.18. The van der Waals surface area contributed by atoms with E-state index < -0.39 is 0 Å². The molecule has 20 heavy (non-hydrogen) atoms. The van der Waals surface area contributed by atoms with Crippen LogP contribution in [0, 0.1) is 0 Å². The lowest BCUT2D eigenvalue weighted by molar-refractivity contribution is 0.188. The van der Waals surface area contributed by atoms with E-state index in [0.717, 1.165) is 6.54 Å². The Morgan fingerprint density at radius 3 is 3.00 bits per heavy atom. The molecule has 110 valence electrons. The van der Waals surface area contributed by atoms with E-state index in [1.165, 1.54) is 50.3 Å². The Balaban J connectivity index is 1.72. The minimum atomic E-state index is 0.671. The average molecular weight is 273 g/mol. The highest BCUT2D eigenvalue weighted by atomic mass is 15.2. The first-order valence-electron chi connectivity index (χ1n) is 7.99. The van der Waals surface area contributed by atoms with Gasteiger partial charge in [-0.25, -0.2) is 0 Å². The van der Waals surface area contributed by atoms with Gasteiger partial charge in [0.2, 0.25) is 0 Å². The molecule has 1 saturated heterocycles. The van der Waals surface area contributed by atoms with Gasteiger partial charge >= 0.3 is 0 Å². The van der Waals surface area contributed by atoms with Gasteiger partial charge in [0.25, 0.3) is 0 Å². The van der Waals surface area contributed by atoms with Crippen molar-refractivity contribution in [2.75, 3.05) is 45.1 Å². The Kier molecular flexibility index (Phi) is 4.27. The summed E-state index contributed by atoms with van der Waals surface area (Å²) in [5.41, 5.74) is 2.87. The standard InChI is InChI=1S/C17H27N3/c1-14-12-19(2)10-5-11-20(14)13-15-8-9-18-17-7-4-3-6-16(15)17/h3-4,6-7,14-15,18H,5,8-13H2,1-2H3. The van der Waals surface area contributed by atoms with Gasteiger partial charge in [-0.1, -0.05) is 18.2 Å².